The number of aromatic amines is 2. The number of nitrogens with zero attached hydrogens (tertiary/aromatic N) is 2. The molecule has 8 nitrogen and oxygen atoms in total. The second-order valence-corrected chi connectivity index (χ2v) is 9.58. The fourth-order valence-electron chi connectivity index (χ4n) is 4.40. The number of unbranched alkanes of at least 4 members (excludes halogenated alkanes) is 7. The molecule has 8 bridgehead atoms. The Kier molecular flexibility index (Phi) is 13.4. The van der Waals surface area contributed by atoms with E-state index in [1.54, 1.807) is 0 Å². The maximum atomic E-state index is 5.01. The number of rotatable bonds is 11. The summed E-state index contributed by atoms with van der Waals surface area (Å²) in [5.41, 5.74) is 15.8. The smallest absolute Gasteiger partial charge is 0.0659 e. The van der Waals surface area contributed by atoms with Crippen molar-refractivity contribution in [2.24, 2.45) is 5.84 Å². The number of hydrogen-bond donors (Lipinski definition) is 6. The largest absolute Gasteiger partial charge is 0.355 e. The molecule has 0 aromatic carbocycles. The highest BCUT2D eigenvalue weighted by molar-refractivity contribution is 14.0. The molecule has 208 valence electrons. The van der Waals surface area contributed by atoms with Crippen LogP contribution < -0.4 is 22.3 Å². The van der Waals surface area contributed by atoms with Gasteiger partial charge in [0.05, 0.1) is 22.8 Å². The molecule has 2 aliphatic heterocycles. The van der Waals surface area contributed by atoms with Crippen LogP contribution in [0.3, 0.4) is 0 Å². The van der Waals surface area contributed by atoms with Crippen LogP contribution in [0.1, 0.15) is 81.1 Å². The fraction of sp³-hybridized carbons (Fsp3) is 0.333. The van der Waals surface area contributed by atoms with Gasteiger partial charge in [-0.15, -0.1) is 24.0 Å². The molecule has 2 aliphatic rings. The van der Waals surface area contributed by atoms with Crippen LogP contribution in [0, 0.1) is 0 Å². The van der Waals surface area contributed by atoms with Crippen molar-refractivity contribution < 1.29 is 0 Å². The van der Waals surface area contributed by atoms with E-state index in [-0.39, 0.29) is 24.0 Å². The third-order valence-corrected chi connectivity index (χ3v) is 6.36. The number of nitrogens with two attached hydrogens (primary N) is 1. The van der Waals surface area contributed by atoms with Crippen LogP contribution in [0.5, 0.6) is 0 Å². The highest BCUT2D eigenvalue weighted by atomic mass is 127. The highest BCUT2D eigenvalue weighted by Gasteiger charge is 2.02. The van der Waals surface area contributed by atoms with Crippen LogP contribution >= 0.6 is 24.0 Å². The van der Waals surface area contributed by atoms with Crippen LogP contribution in [0.25, 0.3) is 46.4 Å². The lowest BCUT2D eigenvalue weighted by molar-refractivity contribution is 0.431. The van der Waals surface area contributed by atoms with Crippen molar-refractivity contribution in [1.82, 2.24) is 36.4 Å². The number of nitrogens with one attached hydrogen (secondary N) is 5. The first-order valence-electron chi connectivity index (χ1n) is 13.7. The van der Waals surface area contributed by atoms with Gasteiger partial charge in [0.15, 0.2) is 0 Å². The van der Waals surface area contributed by atoms with Gasteiger partial charge in [0.1, 0.15) is 0 Å². The molecule has 39 heavy (non-hydrogen) atoms. The van der Waals surface area contributed by atoms with E-state index in [0.717, 1.165) is 51.4 Å². The molecule has 0 spiro atoms. The summed E-state index contributed by atoms with van der Waals surface area (Å²) in [7, 11) is 0. The summed E-state index contributed by atoms with van der Waals surface area (Å²) in [6, 6.07) is 16.4. The monoisotopic (exact) mass is 640 g/mol. The Labute approximate surface area is 248 Å². The van der Waals surface area contributed by atoms with Crippen molar-refractivity contribution in [1.29, 1.82) is 0 Å². The van der Waals surface area contributed by atoms with Gasteiger partial charge in [0.25, 0.3) is 0 Å². The van der Waals surface area contributed by atoms with Crippen molar-refractivity contribution in [3.63, 3.8) is 0 Å². The van der Waals surface area contributed by atoms with E-state index in [9.17, 15) is 0 Å². The van der Waals surface area contributed by atoms with Gasteiger partial charge in [-0.2, -0.15) is 11.1 Å². The van der Waals surface area contributed by atoms with Gasteiger partial charge in [-0.3, -0.25) is 5.84 Å². The molecule has 0 unspecified atom stereocenters. The molecule has 5 heterocycles. The van der Waals surface area contributed by atoms with Crippen molar-refractivity contribution >= 4 is 70.3 Å². The van der Waals surface area contributed by atoms with Gasteiger partial charge in [-0.1, -0.05) is 51.9 Å². The average molecular weight is 641 g/mol. The number of hydrazine groups is 3. The summed E-state index contributed by atoms with van der Waals surface area (Å²) in [5.74, 6) is 5.01. The summed E-state index contributed by atoms with van der Waals surface area (Å²) in [6.07, 6.45) is 18.9. The number of aromatic nitrogens is 4. The lowest BCUT2D eigenvalue weighted by Gasteiger charge is -2.04. The number of H-pyrrole nitrogens is 2. The molecular weight excluding hydrogens is 599 g/mol. The molecule has 0 saturated carbocycles. The van der Waals surface area contributed by atoms with E-state index in [1.165, 1.54) is 51.4 Å². The van der Waals surface area contributed by atoms with Crippen molar-refractivity contribution in [2.75, 3.05) is 6.54 Å². The number of fused-ring (bicyclic) bond motifs is 8. The van der Waals surface area contributed by atoms with Crippen LogP contribution in [-0.2, 0) is 0 Å². The van der Waals surface area contributed by atoms with Gasteiger partial charge >= 0.3 is 0 Å². The number of hydrogen-bond acceptors (Lipinski definition) is 6. The summed E-state index contributed by atoms with van der Waals surface area (Å²) < 4.78 is 0. The normalized spacial score (nSPS) is 11.6. The molecule has 0 aliphatic carbocycles. The molecule has 0 radical (unpaired) electrons. The standard InChI is InChI=1S/C20H14N4.C10H26N4.HI/c1-2-14-10-16-5-6-18(23-16)12-20-8-7-19(24-20)11-17-4-3-15(22-17)9-13(1)21-14;1-2-3-4-5-6-7-8-9-10-12-14-13-11;/h1-12,21-22H;12-14H,2-11H2,1H3;1H. The quantitative estimate of drug-likeness (QED) is 0.0406. The molecule has 5 rings (SSSR count). The summed E-state index contributed by atoms with van der Waals surface area (Å²) in [6.45, 7) is 3.23. The van der Waals surface area contributed by atoms with E-state index in [4.69, 9.17) is 5.84 Å². The zero-order chi connectivity index (χ0) is 26.4. The molecule has 0 atom stereocenters. The molecular formula is C30H41IN8. The van der Waals surface area contributed by atoms with Gasteiger partial charge in [0, 0.05) is 28.6 Å². The first-order valence-corrected chi connectivity index (χ1v) is 13.7. The van der Waals surface area contributed by atoms with E-state index in [1.807, 2.05) is 42.5 Å². The lowest BCUT2D eigenvalue weighted by atomic mass is 10.1. The Balaban J connectivity index is 0.000000245. The predicted molar refractivity (Wildman–Crippen MR) is 175 cm³/mol. The average Bonchev–Trinajstić information content (AvgIpc) is 3.72. The van der Waals surface area contributed by atoms with Gasteiger partial charge in [-0.05, 0) is 79.3 Å². The van der Waals surface area contributed by atoms with Gasteiger partial charge in [-0.25, -0.2) is 15.4 Å². The second-order valence-electron chi connectivity index (χ2n) is 9.58. The maximum Gasteiger partial charge on any atom is 0.0659 e. The minimum atomic E-state index is 0. The highest BCUT2D eigenvalue weighted by Crippen LogP contribution is 2.17. The van der Waals surface area contributed by atoms with E-state index in [0.29, 0.717) is 0 Å². The zero-order valence-electron chi connectivity index (χ0n) is 22.7. The molecule has 3 aromatic heterocycles. The maximum absolute atomic E-state index is 5.01. The SMILES string of the molecule is C1=Cc2cc3ccc(cc4ccc(cc5nc(cc1n2)C=C5)[nH]4)[nH]3.CCCCCCCCCCNNNN.I. The number of halogens is 1. The van der Waals surface area contributed by atoms with E-state index >= 15 is 0 Å². The van der Waals surface area contributed by atoms with E-state index < -0.39 is 0 Å². The molecule has 0 amide bonds. The van der Waals surface area contributed by atoms with Gasteiger partial charge < -0.3 is 9.97 Å². The van der Waals surface area contributed by atoms with Crippen molar-refractivity contribution in [3.8, 4) is 0 Å². The van der Waals surface area contributed by atoms with Crippen LogP contribution in [0.4, 0.5) is 0 Å². The Bertz CT molecular complexity index is 1270. The van der Waals surface area contributed by atoms with Crippen LogP contribution in [0.2, 0.25) is 0 Å². The first-order chi connectivity index (χ1) is 18.7. The Hall–Kier alpha value is -2.83. The summed E-state index contributed by atoms with van der Waals surface area (Å²) >= 11 is 0. The predicted octanol–water partition coefficient (Wildman–Crippen LogP) is 6.87. The summed E-state index contributed by atoms with van der Waals surface area (Å²) in [5, 5.41) is 0. The Morgan fingerprint density at radius 3 is 1.54 bits per heavy atom. The fourth-order valence-corrected chi connectivity index (χ4v) is 4.40. The molecule has 7 N–H and O–H groups in total. The van der Waals surface area contributed by atoms with Gasteiger partial charge in [0.2, 0.25) is 0 Å². The van der Waals surface area contributed by atoms with Crippen molar-refractivity contribution in [2.45, 2.75) is 58.3 Å². The van der Waals surface area contributed by atoms with Crippen LogP contribution in [0.15, 0.2) is 48.5 Å². The minimum Gasteiger partial charge on any atom is -0.355 e. The zero-order valence-corrected chi connectivity index (χ0v) is 25.0. The molecule has 3 aromatic rings. The molecule has 0 saturated heterocycles. The Morgan fingerprint density at radius 1 is 0.615 bits per heavy atom. The third-order valence-electron chi connectivity index (χ3n) is 6.36. The van der Waals surface area contributed by atoms with Crippen LogP contribution in [-0.4, -0.2) is 26.5 Å². The minimum absolute atomic E-state index is 0. The molecule has 9 heteroatoms. The lowest BCUT2D eigenvalue weighted by Crippen LogP contribution is -2.47. The van der Waals surface area contributed by atoms with E-state index in [2.05, 4.69) is 73.7 Å². The third kappa shape index (κ3) is 10.7. The second kappa shape index (κ2) is 17.0. The van der Waals surface area contributed by atoms with Crippen molar-refractivity contribution in [3.05, 3.63) is 71.3 Å². The Morgan fingerprint density at radius 2 is 1.05 bits per heavy atom. The topological polar surface area (TPSA) is 119 Å². The first kappa shape index (κ1) is 30.7. The molecule has 0 fully saturated rings. The summed E-state index contributed by atoms with van der Waals surface area (Å²) in [4.78, 5) is 16.0.